The first-order chi connectivity index (χ1) is 8.00. The highest BCUT2D eigenvalue weighted by molar-refractivity contribution is 5.87. The van der Waals surface area contributed by atoms with Gasteiger partial charge in [0.2, 0.25) is 6.29 Å². The number of hydrogen-bond donors (Lipinski definition) is 1. The second-order valence-corrected chi connectivity index (χ2v) is 5.24. The molecule has 0 aromatic rings. The third-order valence-electron chi connectivity index (χ3n) is 4.05. The van der Waals surface area contributed by atoms with Gasteiger partial charge in [-0.15, -0.1) is 0 Å². The van der Waals surface area contributed by atoms with Crippen LogP contribution in [0.3, 0.4) is 0 Å². The Morgan fingerprint density at radius 2 is 2.18 bits per heavy atom. The second-order valence-electron chi connectivity index (χ2n) is 5.24. The zero-order chi connectivity index (χ0) is 12.6. The van der Waals surface area contributed by atoms with Gasteiger partial charge in [-0.05, 0) is 56.3 Å². The van der Waals surface area contributed by atoms with Gasteiger partial charge in [-0.1, -0.05) is 6.92 Å². The van der Waals surface area contributed by atoms with Crippen LogP contribution in [0.15, 0.2) is 23.5 Å². The van der Waals surface area contributed by atoms with Crippen LogP contribution in [-0.2, 0) is 9.53 Å². The highest BCUT2D eigenvalue weighted by atomic mass is 16.6. The lowest BCUT2D eigenvalue weighted by molar-refractivity contribution is -0.130. The van der Waals surface area contributed by atoms with E-state index >= 15 is 0 Å². The fraction of sp³-hybridized carbons (Fsp3) is 0.643. The standard InChI is InChI=1S/C14H20O3/c1-8-4-6-11-10(3)12(7-5-9(2)15)17-14(16)13(8)11/h5,7-8,11,13-14,16H,4,6H2,1-3H3. The van der Waals surface area contributed by atoms with E-state index in [1.807, 2.05) is 6.92 Å². The Hall–Kier alpha value is -1.09. The molecule has 4 atom stereocenters. The van der Waals surface area contributed by atoms with Gasteiger partial charge in [-0.25, -0.2) is 0 Å². The fourth-order valence-corrected chi connectivity index (χ4v) is 3.06. The Labute approximate surface area is 102 Å². The molecule has 0 aromatic heterocycles. The van der Waals surface area contributed by atoms with Gasteiger partial charge in [-0.2, -0.15) is 0 Å². The van der Waals surface area contributed by atoms with E-state index in [0.717, 1.165) is 12.8 Å². The minimum atomic E-state index is -0.729. The van der Waals surface area contributed by atoms with Crippen molar-refractivity contribution in [1.82, 2.24) is 0 Å². The van der Waals surface area contributed by atoms with E-state index in [1.165, 1.54) is 18.6 Å². The molecule has 0 amide bonds. The summed E-state index contributed by atoms with van der Waals surface area (Å²) in [7, 11) is 0. The Kier molecular flexibility index (Phi) is 3.38. The number of aliphatic hydroxyl groups is 1. The summed E-state index contributed by atoms with van der Waals surface area (Å²) in [5.41, 5.74) is 1.17. The minimum Gasteiger partial charge on any atom is -0.465 e. The van der Waals surface area contributed by atoms with E-state index in [-0.39, 0.29) is 11.7 Å². The number of allylic oxidation sites excluding steroid dienone is 3. The van der Waals surface area contributed by atoms with Gasteiger partial charge in [0.1, 0.15) is 5.76 Å². The van der Waals surface area contributed by atoms with Crippen molar-refractivity contribution in [2.75, 3.05) is 0 Å². The number of hydrogen-bond acceptors (Lipinski definition) is 3. The van der Waals surface area contributed by atoms with Crippen LogP contribution in [0, 0.1) is 17.8 Å². The first-order valence-electron chi connectivity index (χ1n) is 6.25. The van der Waals surface area contributed by atoms with Gasteiger partial charge in [0.05, 0.1) is 0 Å². The number of ether oxygens (including phenoxy) is 1. The summed E-state index contributed by atoms with van der Waals surface area (Å²) in [6, 6.07) is 0. The Morgan fingerprint density at radius 3 is 2.82 bits per heavy atom. The summed E-state index contributed by atoms with van der Waals surface area (Å²) < 4.78 is 5.53. The first-order valence-corrected chi connectivity index (χ1v) is 6.25. The average molecular weight is 236 g/mol. The molecule has 2 rings (SSSR count). The van der Waals surface area contributed by atoms with Gasteiger partial charge in [-0.3, -0.25) is 4.79 Å². The van der Waals surface area contributed by atoms with Crippen molar-refractivity contribution < 1.29 is 14.6 Å². The van der Waals surface area contributed by atoms with Gasteiger partial charge >= 0.3 is 0 Å². The number of fused-ring (bicyclic) bond motifs is 1. The first kappa shape index (κ1) is 12.4. The number of ketones is 1. The smallest absolute Gasteiger partial charge is 0.201 e. The lowest BCUT2D eigenvalue weighted by Gasteiger charge is -2.34. The molecular formula is C14H20O3. The van der Waals surface area contributed by atoms with Gasteiger partial charge < -0.3 is 9.84 Å². The number of rotatable bonds is 2. The number of carbonyl (C=O) groups excluding carboxylic acids is 1. The summed E-state index contributed by atoms with van der Waals surface area (Å²) >= 11 is 0. The molecule has 17 heavy (non-hydrogen) atoms. The van der Waals surface area contributed by atoms with Crippen LogP contribution < -0.4 is 0 Å². The summed E-state index contributed by atoms with van der Waals surface area (Å²) in [6.07, 6.45) is 4.68. The van der Waals surface area contributed by atoms with Crippen LogP contribution >= 0.6 is 0 Å². The monoisotopic (exact) mass is 236 g/mol. The maximum Gasteiger partial charge on any atom is 0.201 e. The molecule has 0 aromatic carbocycles. The van der Waals surface area contributed by atoms with E-state index in [0.29, 0.717) is 17.6 Å². The normalized spacial score (nSPS) is 37.2. The molecule has 1 N–H and O–H groups in total. The van der Waals surface area contributed by atoms with Crippen LogP contribution in [-0.4, -0.2) is 17.2 Å². The molecule has 94 valence electrons. The molecule has 0 radical (unpaired) electrons. The maximum absolute atomic E-state index is 10.9. The van der Waals surface area contributed by atoms with Crippen LogP contribution in [0.1, 0.15) is 33.6 Å². The summed E-state index contributed by atoms with van der Waals surface area (Å²) in [5.74, 6) is 1.78. The quantitative estimate of drug-likeness (QED) is 0.749. The Bertz CT molecular complexity index is 381. The van der Waals surface area contributed by atoms with Crippen molar-refractivity contribution in [2.45, 2.75) is 39.9 Å². The highest BCUT2D eigenvalue weighted by Crippen LogP contribution is 2.47. The molecule has 0 bridgehead atoms. The van der Waals surface area contributed by atoms with Crippen molar-refractivity contribution in [3.63, 3.8) is 0 Å². The average Bonchev–Trinajstić information content (AvgIpc) is 2.64. The molecule has 1 heterocycles. The van der Waals surface area contributed by atoms with Gasteiger partial charge in [0.25, 0.3) is 0 Å². The lowest BCUT2D eigenvalue weighted by Crippen LogP contribution is -2.35. The highest BCUT2D eigenvalue weighted by Gasteiger charge is 2.43. The largest absolute Gasteiger partial charge is 0.465 e. The van der Waals surface area contributed by atoms with Crippen molar-refractivity contribution in [1.29, 1.82) is 0 Å². The zero-order valence-electron chi connectivity index (χ0n) is 10.6. The molecule has 1 saturated carbocycles. The molecule has 1 aliphatic carbocycles. The molecule has 2 aliphatic rings. The number of carbonyl (C=O) groups is 1. The van der Waals surface area contributed by atoms with Crippen molar-refractivity contribution in [2.24, 2.45) is 17.8 Å². The van der Waals surface area contributed by atoms with E-state index < -0.39 is 6.29 Å². The summed E-state index contributed by atoms with van der Waals surface area (Å²) in [5, 5.41) is 10.0. The maximum atomic E-state index is 10.9. The second kappa shape index (κ2) is 4.65. The third kappa shape index (κ3) is 2.29. The van der Waals surface area contributed by atoms with E-state index in [2.05, 4.69) is 6.92 Å². The summed E-state index contributed by atoms with van der Waals surface area (Å²) in [6.45, 7) is 5.72. The Balaban J connectivity index is 2.26. The molecule has 0 saturated heterocycles. The van der Waals surface area contributed by atoms with E-state index in [4.69, 9.17) is 4.74 Å². The topological polar surface area (TPSA) is 46.5 Å². The Morgan fingerprint density at radius 1 is 1.47 bits per heavy atom. The number of aliphatic hydroxyl groups excluding tert-OH is 1. The van der Waals surface area contributed by atoms with Crippen molar-refractivity contribution in [3.05, 3.63) is 23.5 Å². The molecule has 3 heteroatoms. The predicted molar refractivity (Wildman–Crippen MR) is 65.0 cm³/mol. The SMILES string of the molecule is CC(=O)C=CC1=C(C)C2CCC(C)C2C(O)O1. The fourth-order valence-electron chi connectivity index (χ4n) is 3.06. The predicted octanol–water partition coefficient (Wildman–Crippen LogP) is 2.42. The molecule has 0 spiro atoms. The van der Waals surface area contributed by atoms with Crippen molar-refractivity contribution >= 4 is 5.78 Å². The van der Waals surface area contributed by atoms with Crippen LogP contribution in [0.5, 0.6) is 0 Å². The van der Waals surface area contributed by atoms with Gasteiger partial charge in [0, 0.05) is 5.92 Å². The van der Waals surface area contributed by atoms with Gasteiger partial charge in [0.15, 0.2) is 5.78 Å². The minimum absolute atomic E-state index is 0.00898. The van der Waals surface area contributed by atoms with Crippen LogP contribution in [0.4, 0.5) is 0 Å². The summed E-state index contributed by atoms with van der Waals surface area (Å²) in [4.78, 5) is 10.9. The molecule has 1 fully saturated rings. The van der Waals surface area contributed by atoms with Crippen LogP contribution in [0.2, 0.25) is 0 Å². The third-order valence-corrected chi connectivity index (χ3v) is 4.05. The van der Waals surface area contributed by atoms with Crippen molar-refractivity contribution in [3.8, 4) is 0 Å². The van der Waals surface area contributed by atoms with E-state index in [1.54, 1.807) is 6.08 Å². The van der Waals surface area contributed by atoms with E-state index in [9.17, 15) is 9.90 Å². The van der Waals surface area contributed by atoms with Crippen LogP contribution in [0.25, 0.3) is 0 Å². The lowest BCUT2D eigenvalue weighted by atomic mass is 9.83. The molecular weight excluding hydrogens is 216 g/mol. The molecule has 1 aliphatic heterocycles. The zero-order valence-corrected chi connectivity index (χ0v) is 10.6. The molecule has 3 nitrogen and oxygen atoms in total. The molecule has 4 unspecified atom stereocenters.